The van der Waals surface area contributed by atoms with Crippen LogP contribution >= 0.6 is 0 Å². The van der Waals surface area contributed by atoms with Crippen LogP contribution in [0, 0.1) is 0 Å². The lowest BCUT2D eigenvalue weighted by Crippen LogP contribution is -2.55. The van der Waals surface area contributed by atoms with Crippen LogP contribution in [0.2, 0.25) is 0 Å². The molecule has 3 amide bonds. The number of nitrogens with two attached hydrogens (primary N) is 1. The van der Waals surface area contributed by atoms with E-state index in [1.54, 1.807) is 24.3 Å². The van der Waals surface area contributed by atoms with Crippen molar-refractivity contribution < 1.29 is 14.4 Å². The van der Waals surface area contributed by atoms with E-state index in [1.807, 2.05) is 13.8 Å². The van der Waals surface area contributed by atoms with Crippen molar-refractivity contribution >= 4 is 17.7 Å². The highest BCUT2D eigenvalue weighted by Crippen LogP contribution is 2.22. The number of imide groups is 1. The van der Waals surface area contributed by atoms with Crippen LogP contribution in [0.1, 0.15) is 47.4 Å². The molecular formula is C16H21N3O3. The number of nitrogens with one attached hydrogen (secondary N) is 1. The van der Waals surface area contributed by atoms with Crippen molar-refractivity contribution in [3.05, 3.63) is 35.4 Å². The summed E-state index contributed by atoms with van der Waals surface area (Å²) in [5, 5.41) is 2.86. The molecular weight excluding hydrogens is 282 g/mol. The van der Waals surface area contributed by atoms with E-state index in [9.17, 15) is 14.4 Å². The topological polar surface area (TPSA) is 92.5 Å². The molecule has 1 aromatic carbocycles. The fourth-order valence-electron chi connectivity index (χ4n) is 2.63. The van der Waals surface area contributed by atoms with Gasteiger partial charge in [0, 0.05) is 6.54 Å². The second-order valence-corrected chi connectivity index (χ2v) is 5.48. The van der Waals surface area contributed by atoms with Crippen molar-refractivity contribution in [1.29, 1.82) is 0 Å². The van der Waals surface area contributed by atoms with Crippen LogP contribution in [0.3, 0.4) is 0 Å². The van der Waals surface area contributed by atoms with Crippen LogP contribution in [0.25, 0.3) is 0 Å². The van der Waals surface area contributed by atoms with Gasteiger partial charge in [-0.2, -0.15) is 0 Å². The van der Waals surface area contributed by atoms with E-state index in [0.717, 1.165) is 4.90 Å². The lowest BCUT2D eigenvalue weighted by molar-refractivity contribution is -0.123. The van der Waals surface area contributed by atoms with Crippen molar-refractivity contribution in [2.24, 2.45) is 5.73 Å². The summed E-state index contributed by atoms with van der Waals surface area (Å²) >= 11 is 0. The zero-order valence-electron chi connectivity index (χ0n) is 12.9. The first-order valence-electron chi connectivity index (χ1n) is 7.44. The molecule has 1 aliphatic heterocycles. The third-order valence-electron chi connectivity index (χ3n) is 4.33. The number of hydrogen-bond acceptors (Lipinski definition) is 4. The number of carbonyl (C=O) groups excluding carboxylic acids is 3. The van der Waals surface area contributed by atoms with E-state index < -0.39 is 17.4 Å². The lowest BCUT2D eigenvalue weighted by Gasteiger charge is -2.32. The van der Waals surface area contributed by atoms with Crippen molar-refractivity contribution in [2.45, 2.75) is 32.2 Å². The van der Waals surface area contributed by atoms with Gasteiger partial charge < -0.3 is 11.1 Å². The van der Waals surface area contributed by atoms with Crippen LogP contribution in [0.15, 0.2) is 24.3 Å². The Morgan fingerprint density at radius 3 is 2.05 bits per heavy atom. The van der Waals surface area contributed by atoms with Crippen LogP contribution < -0.4 is 11.1 Å². The largest absolute Gasteiger partial charge is 0.348 e. The molecule has 1 heterocycles. The Bertz CT molecular complexity index is 565. The van der Waals surface area contributed by atoms with E-state index in [4.69, 9.17) is 5.73 Å². The third-order valence-corrected chi connectivity index (χ3v) is 4.33. The number of nitrogens with zero attached hydrogens (tertiary/aromatic N) is 1. The summed E-state index contributed by atoms with van der Waals surface area (Å²) < 4.78 is 0. The molecule has 6 nitrogen and oxygen atoms in total. The van der Waals surface area contributed by atoms with Crippen LogP contribution in [0.5, 0.6) is 0 Å². The van der Waals surface area contributed by atoms with Gasteiger partial charge in [-0.15, -0.1) is 0 Å². The van der Waals surface area contributed by atoms with Gasteiger partial charge >= 0.3 is 0 Å². The second kappa shape index (κ2) is 6.27. The van der Waals surface area contributed by atoms with Crippen molar-refractivity contribution in [3.8, 4) is 0 Å². The number of rotatable bonds is 6. The monoisotopic (exact) mass is 303 g/mol. The van der Waals surface area contributed by atoms with Gasteiger partial charge in [0.1, 0.15) is 6.54 Å². The molecule has 1 aliphatic rings. The maximum Gasteiger partial charge on any atom is 0.262 e. The van der Waals surface area contributed by atoms with Crippen molar-refractivity contribution in [3.63, 3.8) is 0 Å². The smallest absolute Gasteiger partial charge is 0.262 e. The number of fused-ring (bicyclic) bond motifs is 1. The molecule has 2 rings (SSSR count). The summed E-state index contributed by atoms with van der Waals surface area (Å²) in [6.45, 7) is 3.92. The first kappa shape index (κ1) is 16.2. The lowest BCUT2D eigenvalue weighted by atomic mass is 9.93. The standard InChI is InChI=1S/C16H21N3O3/c1-3-16(4-2,10-17)18-13(20)9-19-14(21)11-7-5-6-8-12(11)15(19)22/h5-8H,3-4,9-10,17H2,1-2H3,(H,18,20). The normalized spacial score (nSPS) is 14.2. The minimum Gasteiger partial charge on any atom is -0.348 e. The number of amides is 3. The van der Waals surface area contributed by atoms with Gasteiger partial charge in [-0.25, -0.2) is 0 Å². The van der Waals surface area contributed by atoms with E-state index in [1.165, 1.54) is 0 Å². The highest BCUT2D eigenvalue weighted by molar-refractivity contribution is 6.22. The van der Waals surface area contributed by atoms with Gasteiger partial charge in [0.2, 0.25) is 5.91 Å². The van der Waals surface area contributed by atoms with Gasteiger partial charge in [0.15, 0.2) is 0 Å². The molecule has 0 saturated carbocycles. The number of carbonyl (C=O) groups is 3. The maximum absolute atomic E-state index is 12.2. The van der Waals surface area contributed by atoms with Gasteiger partial charge in [0.05, 0.1) is 16.7 Å². The quantitative estimate of drug-likeness (QED) is 0.764. The Morgan fingerprint density at radius 2 is 1.64 bits per heavy atom. The Balaban J connectivity index is 2.11. The summed E-state index contributed by atoms with van der Waals surface area (Å²) in [7, 11) is 0. The van der Waals surface area contributed by atoms with E-state index in [2.05, 4.69) is 5.32 Å². The minimum atomic E-state index is -0.490. The average Bonchev–Trinajstić information content (AvgIpc) is 2.78. The molecule has 0 atom stereocenters. The highest BCUT2D eigenvalue weighted by Gasteiger charge is 2.37. The molecule has 118 valence electrons. The molecule has 6 heteroatoms. The highest BCUT2D eigenvalue weighted by atomic mass is 16.2. The average molecular weight is 303 g/mol. The van der Waals surface area contributed by atoms with Crippen LogP contribution in [-0.4, -0.2) is 41.2 Å². The third kappa shape index (κ3) is 2.74. The molecule has 0 aliphatic carbocycles. The minimum absolute atomic E-state index is 0.284. The molecule has 0 aromatic heterocycles. The molecule has 1 aromatic rings. The van der Waals surface area contributed by atoms with E-state index in [0.29, 0.717) is 30.5 Å². The van der Waals surface area contributed by atoms with Gasteiger partial charge in [-0.3, -0.25) is 19.3 Å². The van der Waals surface area contributed by atoms with E-state index in [-0.39, 0.29) is 12.5 Å². The molecule has 22 heavy (non-hydrogen) atoms. The Hall–Kier alpha value is -2.21. The zero-order chi connectivity index (χ0) is 16.3. The van der Waals surface area contributed by atoms with Gasteiger partial charge in [0.25, 0.3) is 11.8 Å². The molecule has 3 N–H and O–H groups in total. The molecule has 0 spiro atoms. The Morgan fingerprint density at radius 1 is 1.14 bits per heavy atom. The van der Waals surface area contributed by atoms with Gasteiger partial charge in [-0.05, 0) is 25.0 Å². The predicted octanol–water partition coefficient (Wildman–Crippen LogP) is 0.916. The fraction of sp³-hybridized carbons (Fsp3) is 0.438. The molecule has 0 radical (unpaired) electrons. The number of benzene rings is 1. The summed E-state index contributed by atoms with van der Waals surface area (Å²) in [5.74, 6) is -1.23. The molecule has 0 unspecified atom stereocenters. The zero-order valence-corrected chi connectivity index (χ0v) is 12.9. The Kier molecular flexibility index (Phi) is 4.61. The summed E-state index contributed by atoms with van der Waals surface area (Å²) in [6.07, 6.45) is 1.38. The van der Waals surface area contributed by atoms with Crippen LogP contribution in [0.4, 0.5) is 0 Å². The predicted molar refractivity (Wildman–Crippen MR) is 82.3 cm³/mol. The van der Waals surface area contributed by atoms with Crippen molar-refractivity contribution in [2.75, 3.05) is 13.1 Å². The first-order chi connectivity index (χ1) is 10.5. The van der Waals surface area contributed by atoms with E-state index >= 15 is 0 Å². The molecule has 0 bridgehead atoms. The summed E-state index contributed by atoms with van der Waals surface area (Å²) in [4.78, 5) is 37.6. The maximum atomic E-state index is 12.2. The molecule has 0 saturated heterocycles. The fourth-order valence-corrected chi connectivity index (χ4v) is 2.63. The van der Waals surface area contributed by atoms with Crippen LogP contribution in [-0.2, 0) is 4.79 Å². The number of hydrogen-bond donors (Lipinski definition) is 2. The molecule has 0 fully saturated rings. The van der Waals surface area contributed by atoms with Crippen molar-refractivity contribution in [1.82, 2.24) is 10.2 Å². The Labute approximate surface area is 129 Å². The first-order valence-corrected chi connectivity index (χ1v) is 7.44. The summed E-state index contributed by atoms with van der Waals surface area (Å²) in [6, 6.07) is 6.58. The van der Waals surface area contributed by atoms with Gasteiger partial charge in [-0.1, -0.05) is 26.0 Å². The second-order valence-electron chi connectivity index (χ2n) is 5.48. The summed E-state index contributed by atoms with van der Waals surface area (Å²) in [5.41, 5.74) is 5.94. The SMILES string of the molecule is CCC(CC)(CN)NC(=O)CN1C(=O)c2ccccc2C1=O.